The molecule has 1 N–H and O–H groups in total. The smallest absolute Gasteiger partial charge is 0.271 e. The van der Waals surface area contributed by atoms with E-state index in [-0.39, 0.29) is 28.1 Å². The second-order valence-electron chi connectivity index (χ2n) is 5.02. The fourth-order valence-electron chi connectivity index (χ4n) is 2.32. The van der Waals surface area contributed by atoms with Crippen LogP contribution in [0.5, 0.6) is 0 Å². The van der Waals surface area contributed by atoms with Crippen molar-refractivity contribution in [1.29, 1.82) is 0 Å². The zero-order chi connectivity index (χ0) is 15.8. The van der Waals surface area contributed by atoms with Gasteiger partial charge in [-0.1, -0.05) is 11.6 Å². The summed E-state index contributed by atoms with van der Waals surface area (Å²) >= 11 is 5.88. The molecule has 1 aromatic rings. The third-order valence-corrected chi connectivity index (χ3v) is 5.96. The van der Waals surface area contributed by atoms with Crippen LogP contribution >= 0.6 is 11.6 Å². The molecular formula is C12H15ClN2O5S. The first kappa shape index (κ1) is 16.2. The molecule has 0 amide bonds. The van der Waals surface area contributed by atoms with Crippen LogP contribution in [0.3, 0.4) is 0 Å². The maximum Gasteiger partial charge on any atom is 0.271 e. The van der Waals surface area contributed by atoms with Crippen molar-refractivity contribution in [2.75, 3.05) is 13.1 Å². The van der Waals surface area contributed by atoms with E-state index in [9.17, 15) is 23.6 Å². The molecule has 1 saturated heterocycles. The van der Waals surface area contributed by atoms with Crippen LogP contribution in [0.25, 0.3) is 0 Å². The molecule has 0 aliphatic carbocycles. The molecule has 1 aromatic carbocycles. The molecule has 2 atom stereocenters. The fourth-order valence-corrected chi connectivity index (χ4v) is 4.34. The quantitative estimate of drug-likeness (QED) is 0.666. The van der Waals surface area contributed by atoms with Crippen molar-refractivity contribution in [3.8, 4) is 0 Å². The highest BCUT2D eigenvalue weighted by Crippen LogP contribution is 2.31. The first-order chi connectivity index (χ1) is 9.73. The summed E-state index contributed by atoms with van der Waals surface area (Å²) in [4.78, 5) is 9.86. The van der Waals surface area contributed by atoms with Crippen molar-refractivity contribution in [3.63, 3.8) is 0 Å². The molecule has 1 aliphatic rings. The third-order valence-electron chi connectivity index (χ3n) is 3.61. The van der Waals surface area contributed by atoms with Crippen LogP contribution in [0.15, 0.2) is 23.1 Å². The fraction of sp³-hybridized carbons (Fsp3) is 0.500. The number of nitro benzene ring substituents is 1. The maximum absolute atomic E-state index is 12.5. The van der Waals surface area contributed by atoms with E-state index >= 15 is 0 Å². The largest absolute Gasteiger partial charge is 0.393 e. The average Bonchev–Trinajstić information content (AvgIpc) is 2.88. The van der Waals surface area contributed by atoms with Crippen LogP contribution in [-0.2, 0) is 10.0 Å². The van der Waals surface area contributed by atoms with Crippen LogP contribution in [0.2, 0.25) is 5.02 Å². The van der Waals surface area contributed by atoms with Crippen LogP contribution in [0.1, 0.15) is 13.3 Å². The topological polar surface area (TPSA) is 101 Å². The molecule has 0 aromatic heterocycles. The summed E-state index contributed by atoms with van der Waals surface area (Å²) < 4.78 is 26.2. The van der Waals surface area contributed by atoms with Gasteiger partial charge in [-0.05, 0) is 25.3 Å². The Bertz CT molecular complexity index is 662. The Morgan fingerprint density at radius 2 is 2.19 bits per heavy atom. The molecule has 2 rings (SSSR count). The minimum absolute atomic E-state index is 0.114. The lowest BCUT2D eigenvalue weighted by molar-refractivity contribution is -0.384. The number of halogens is 1. The van der Waals surface area contributed by atoms with Gasteiger partial charge >= 0.3 is 0 Å². The van der Waals surface area contributed by atoms with Crippen molar-refractivity contribution >= 4 is 27.3 Å². The molecule has 1 heterocycles. The second-order valence-corrected chi connectivity index (χ2v) is 7.34. The molecule has 1 aliphatic heterocycles. The van der Waals surface area contributed by atoms with Crippen LogP contribution in [0, 0.1) is 16.0 Å². The zero-order valence-corrected chi connectivity index (χ0v) is 12.8. The van der Waals surface area contributed by atoms with Crippen molar-refractivity contribution < 1.29 is 18.4 Å². The highest BCUT2D eigenvalue weighted by atomic mass is 35.5. The van der Waals surface area contributed by atoms with Crippen molar-refractivity contribution in [2.45, 2.75) is 24.3 Å². The van der Waals surface area contributed by atoms with E-state index < -0.39 is 21.1 Å². The first-order valence-corrected chi connectivity index (χ1v) is 8.17. The van der Waals surface area contributed by atoms with Gasteiger partial charge in [-0.25, -0.2) is 8.42 Å². The van der Waals surface area contributed by atoms with E-state index in [1.165, 1.54) is 4.31 Å². The Kier molecular flexibility index (Phi) is 4.52. The van der Waals surface area contributed by atoms with Gasteiger partial charge in [0.1, 0.15) is 4.90 Å². The molecule has 2 unspecified atom stereocenters. The molecule has 0 bridgehead atoms. The third kappa shape index (κ3) is 3.18. The van der Waals surface area contributed by atoms with Crippen molar-refractivity contribution in [1.82, 2.24) is 4.31 Å². The van der Waals surface area contributed by atoms with E-state index in [1.54, 1.807) is 6.92 Å². The van der Waals surface area contributed by atoms with E-state index in [4.69, 9.17) is 11.6 Å². The van der Waals surface area contributed by atoms with Crippen molar-refractivity contribution in [2.24, 2.45) is 5.92 Å². The first-order valence-electron chi connectivity index (χ1n) is 6.35. The lowest BCUT2D eigenvalue weighted by Crippen LogP contribution is -2.30. The van der Waals surface area contributed by atoms with Gasteiger partial charge in [0.25, 0.3) is 5.69 Å². The predicted octanol–water partition coefficient (Wildman–Crippen LogP) is 1.64. The molecule has 21 heavy (non-hydrogen) atoms. The monoisotopic (exact) mass is 334 g/mol. The van der Waals surface area contributed by atoms with Gasteiger partial charge in [0.2, 0.25) is 10.0 Å². The number of aliphatic hydroxyl groups is 1. The van der Waals surface area contributed by atoms with Gasteiger partial charge in [0.05, 0.1) is 16.0 Å². The molecule has 0 spiro atoms. The van der Waals surface area contributed by atoms with Gasteiger partial charge in [0, 0.05) is 25.2 Å². The number of rotatable bonds is 4. The average molecular weight is 335 g/mol. The molecular weight excluding hydrogens is 320 g/mol. The van der Waals surface area contributed by atoms with Gasteiger partial charge in [0.15, 0.2) is 0 Å². The van der Waals surface area contributed by atoms with Gasteiger partial charge in [-0.15, -0.1) is 0 Å². The van der Waals surface area contributed by atoms with Gasteiger partial charge in [-0.2, -0.15) is 4.31 Å². The summed E-state index contributed by atoms with van der Waals surface area (Å²) in [7, 11) is -3.81. The number of non-ortho nitro benzene ring substituents is 1. The Labute approximate surface area is 127 Å². The summed E-state index contributed by atoms with van der Waals surface area (Å²) in [5, 5.41) is 20.0. The number of hydrogen-bond acceptors (Lipinski definition) is 5. The number of nitro groups is 1. The highest BCUT2D eigenvalue weighted by molar-refractivity contribution is 7.89. The minimum atomic E-state index is -3.81. The standard InChI is InChI=1S/C12H15ClN2O5S/c1-8(16)9-4-5-14(7-9)21(19,20)12-3-2-10(15(17)18)6-11(12)13/h2-3,6,8-9,16H,4-5,7H2,1H3. The van der Waals surface area contributed by atoms with E-state index in [2.05, 4.69) is 0 Å². The highest BCUT2D eigenvalue weighted by Gasteiger charge is 2.35. The number of benzene rings is 1. The van der Waals surface area contributed by atoms with Gasteiger partial charge in [-0.3, -0.25) is 10.1 Å². The Morgan fingerprint density at radius 1 is 1.52 bits per heavy atom. The van der Waals surface area contributed by atoms with Crippen LogP contribution in [-0.4, -0.2) is 41.9 Å². The number of hydrogen-bond donors (Lipinski definition) is 1. The van der Waals surface area contributed by atoms with Crippen LogP contribution < -0.4 is 0 Å². The molecule has 116 valence electrons. The SMILES string of the molecule is CC(O)C1CCN(S(=O)(=O)c2ccc([N+](=O)[O-])cc2Cl)C1. The van der Waals surface area contributed by atoms with Gasteiger partial charge < -0.3 is 5.11 Å². The zero-order valence-electron chi connectivity index (χ0n) is 11.3. The molecule has 1 fully saturated rings. The summed E-state index contributed by atoms with van der Waals surface area (Å²) in [6, 6.07) is 3.28. The summed E-state index contributed by atoms with van der Waals surface area (Å²) in [6.45, 7) is 2.14. The Morgan fingerprint density at radius 3 is 2.67 bits per heavy atom. The molecule has 0 saturated carbocycles. The molecule has 7 nitrogen and oxygen atoms in total. The lowest BCUT2D eigenvalue weighted by atomic mass is 10.0. The number of nitrogens with zero attached hydrogens (tertiary/aromatic N) is 2. The van der Waals surface area contributed by atoms with Crippen molar-refractivity contribution in [3.05, 3.63) is 33.3 Å². The lowest BCUT2D eigenvalue weighted by Gasteiger charge is -2.18. The summed E-state index contributed by atoms with van der Waals surface area (Å²) in [5.74, 6) is -0.114. The van der Waals surface area contributed by atoms with E-state index in [0.29, 0.717) is 13.0 Å². The Balaban J connectivity index is 2.31. The predicted molar refractivity (Wildman–Crippen MR) is 76.7 cm³/mol. The van der Waals surface area contributed by atoms with E-state index in [0.717, 1.165) is 18.2 Å². The Hall–Kier alpha value is -1.22. The summed E-state index contributed by atoms with van der Waals surface area (Å²) in [5.41, 5.74) is -0.262. The molecule has 9 heteroatoms. The second kappa shape index (κ2) is 5.88. The minimum Gasteiger partial charge on any atom is -0.393 e. The number of aliphatic hydroxyl groups excluding tert-OH is 1. The normalized spacial score (nSPS) is 21.4. The summed E-state index contributed by atoms with van der Waals surface area (Å²) in [6.07, 6.45) is -0.0147. The molecule has 0 radical (unpaired) electrons. The number of sulfonamides is 1. The van der Waals surface area contributed by atoms with E-state index in [1.807, 2.05) is 0 Å². The maximum atomic E-state index is 12.5. The van der Waals surface area contributed by atoms with Crippen LogP contribution in [0.4, 0.5) is 5.69 Å².